The Morgan fingerprint density at radius 1 is 1.25 bits per heavy atom. The van der Waals surface area contributed by atoms with E-state index in [-0.39, 0.29) is 43.1 Å². The first-order valence-corrected chi connectivity index (χ1v) is 10.9. The number of anilines is 1. The van der Waals surface area contributed by atoms with E-state index in [0.29, 0.717) is 19.3 Å². The predicted molar refractivity (Wildman–Crippen MR) is 111 cm³/mol. The number of rotatable bonds is 5. The van der Waals surface area contributed by atoms with E-state index in [4.69, 9.17) is 9.47 Å². The fraction of sp³-hybridized carbons (Fsp3) is 0.381. The smallest absolute Gasteiger partial charge is 0.417 e. The number of hydrogen-bond acceptors (Lipinski definition) is 6. The van der Waals surface area contributed by atoms with Crippen molar-refractivity contribution in [1.29, 1.82) is 0 Å². The molecular weight excluding hydrogens is 447 g/mol. The Balaban J connectivity index is 1.33. The van der Waals surface area contributed by atoms with Gasteiger partial charge >= 0.3 is 6.18 Å². The molecule has 1 aromatic carbocycles. The van der Waals surface area contributed by atoms with Gasteiger partial charge in [-0.25, -0.2) is 4.98 Å². The number of fused-ring (bicyclic) bond motifs is 1. The van der Waals surface area contributed by atoms with Crippen molar-refractivity contribution in [1.82, 2.24) is 9.88 Å². The molecule has 0 saturated carbocycles. The van der Waals surface area contributed by atoms with E-state index in [1.54, 1.807) is 4.90 Å². The van der Waals surface area contributed by atoms with Crippen LogP contribution in [0.5, 0.6) is 5.88 Å². The Morgan fingerprint density at radius 2 is 2.06 bits per heavy atom. The summed E-state index contributed by atoms with van der Waals surface area (Å²) in [7, 11) is 0. The third-order valence-electron chi connectivity index (χ3n) is 5.07. The van der Waals surface area contributed by atoms with E-state index in [9.17, 15) is 22.8 Å². The van der Waals surface area contributed by atoms with E-state index >= 15 is 0 Å². The molecule has 4 rings (SSSR count). The molecule has 32 heavy (non-hydrogen) atoms. The van der Waals surface area contributed by atoms with E-state index in [0.717, 1.165) is 22.7 Å². The molecule has 2 amide bonds. The SMILES string of the molecule is O=C(CN1C(=O)CSc2ccccc21)N1CCOC(COc2ccc(C(F)(F)F)cn2)C1. The highest BCUT2D eigenvalue weighted by atomic mass is 32.2. The lowest BCUT2D eigenvalue weighted by Crippen LogP contribution is -2.51. The van der Waals surface area contributed by atoms with Gasteiger partial charge in [-0.2, -0.15) is 13.2 Å². The number of pyridine rings is 1. The van der Waals surface area contributed by atoms with Crippen LogP contribution in [-0.2, 0) is 20.5 Å². The van der Waals surface area contributed by atoms with Crippen molar-refractivity contribution in [3.05, 3.63) is 48.2 Å². The predicted octanol–water partition coefficient (Wildman–Crippen LogP) is 2.85. The van der Waals surface area contributed by atoms with Gasteiger partial charge in [-0.3, -0.25) is 9.59 Å². The molecule has 0 radical (unpaired) electrons. The normalized spacial score (nSPS) is 19.0. The molecule has 1 saturated heterocycles. The van der Waals surface area contributed by atoms with Gasteiger partial charge in [-0.15, -0.1) is 11.8 Å². The molecule has 1 aromatic heterocycles. The van der Waals surface area contributed by atoms with Gasteiger partial charge in [-0.05, 0) is 18.2 Å². The molecule has 0 N–H and O–H groups in total. The number of morpholine rings is 1. The van der Waals surface area contributed by atoms with Crippen molar-refractivity contribution in [3.8, 4) is 5.88 Å². The first kappa shape index (κ1) is 22.4. The molecule has 11 heteroatoms. The second kappa shape index (κ2) is 9.37. The summed E-state index contributed by atoms with van der Waals surface area (Å²) in [5.41, 5.74) is -0.133. The largest absolute Gasteiger partial charge is 0.475 e. The van der Waals surface area contributed by atoms with Gasteiger partial charge in [0, 0.05) is 23.7 Å². The molecular formula is C21H20F3N3O4S. The molecule has 1 unspecified atom stereocenters. The maximum absolute atomic E-state index is 12.9. The standard InChI is InChI=1S/C21H20F3N3O4S/c22-21(23,24)14-5-6-18(25-9-14)31-12-15-10-26(7-8-30-15)19(28)11-27-16-3-1-2-4-17(16)32-13-20(27)29/h1-6,9,15H,7-8,10-13H2. The molecule has 1 fully saturated rings. The molecule has 2 aromatic rings. The van der Waals surface area contributed by atoms with Crippen molar-refractivity contribution in [2.24, 2.45) is 0 Å². The number of ether oxygens (including phenoxy) is 2. The summed E-state index contributed by atoms with van der Waals surface area (Å²) in [6.07, 6.45) is -4.22. The number of carbonyl (C=O) groups is 2. The van der Waals surface area contributed by atoms with Crippen molar-refractivity contribution >= 4 is 29.3 Å². The molecule has 1 atom stereocenters. The number of benzene rings is 1. The minimum Gasteiger partial charge on any atom is -0.475 e. The lowest BCUT2D eigenvalue weighted by atomic mass is 10.2. The quantitative estimate of drug-likeness (QED) is 0.674. The van der Waals surface area contributed by atoms with E-state index in [1.807, 2.05) is 24.3 Å². The fourth-order valence-corrected chi connectivity index (χ4v) is 4.36. The Bertz CT molecular complexity index is 987. The first-order chi connectivity index (χ1) is 15.3. The highest BCUT2D eigenvalue weighted by molar-refractivity contribution is 8.00. The van der Waals surface area contributed by atoms with Crippen molar-refractivity contribution in [2.45, 2.75) is 17.2 Å². The zero-order chi connectivity index (χ0) is 22.7. The molecule has 3 heterocycles. The van der Waals surface area contributed by atoms with Crippen LogP contribution in [0.25, 0.3) is 0 Å². The van der Waals surface area contributed by atoms with E-state index in [1.165, 1.54) is 16.7 Å². The molecule has 0 aliphatic carbocycles. The lowest BCUT2D eigenvalue weighted by Gasteiger charge is -2.35. The van der Waals surface area contributed by atoms with Gasteiger partial charge in [0.2, 0.25) is 17.7 Å². The van der Waals surface area contributed by atoms with Crippen molar-refractivity contribution in [2.75, 3.05) is 43.5 Å². The third-order valence-corrected chi connectivity index (χ3v) is 6.12. The zero-order valence-corrected chi connectivity index (χ0v) is 17.7. The first-order valence-electron chi connectivity index (χ1n) is 9.89. The number of para-hydroxylation sites is 1. The Labute approximate surface area is 186 Å². The molecule has 2 aliphatic rings. The van der Waals surface area contributed by atoms with Gasteiger partial charge in [0.05, 0.1) is 30.2 Å². The van der Waals surface area contributed by atoms with Crippen LogP contribution >= 0.6 is 11.8 Å². The zero-order valence-electron chi connectivity index (χ0n) is 16.9. The van der Waals surface area contributed by atoms with Crippen LogP contribution in [0.1, 0.15) is 5.56 Å². The molecule has 7 nitrogen and oxygen atoms in total. The molecule has 0 bridgehead atoms. The lowest BCUT2D eigenvalue weighted by molar-refractivity contribution is -0.139. The summed E-state index contributed by atoms with van der Waals surface area (Å²) in [5, 5.41) is 0. The van der Waals surface area contributed by atoms with Crippen molar-refractivity contribution < 1.29 is 32.2 Å². The van der Waals surface area contributed by atoms with Crippen molar-refractivity contribution in [3.63, 3.8) is 0 Å². The number of halogens is 3. The number of aromatic nitrogens is 1. The minimum atomic E-state index is -4.46. The number of amides is 2. The van der Waals surface area contributed by atoms with Gasteiger partial charge in [0.1, 0.15) is 19.3 Å². The highest BCUT2D eigenvalue weighted by Crippen LogP contribution is 2.35. The molecule has 2 aliphatic heterocycles. The Kier molecular flexibility index (Phi) is 6.56. The van der Waals surface area contributed by atoms with Crippen LogP contribution in [0.4, 0.5) is 18.9 Å². The Hall–Kier alpha value is -2.79. The number of hydrogen-bond donors (Lipinski definition) is 0. The van der Waals surface area contributed by atoms with Crippen LogP contribution in [-0.4, -0.2) is 66.4 Å². The van der Waals surface area contributed by atoms with E-state index in [2.05, 4.69) is 4.98 Å². The van der Waals surface area contributed by atoms with Gasteiger partial charge in [0.15, 0.2) is 0 Å². The molecule has 0 spiro atoms. The van der Waals surface area contributed by atoms with Gasteiger partial charge in [-0.1, -0.05) is 12.1 Å². The fourth-order valence-electron chi connectivity index (χ4n) is 3.42. The summed E-state index contributed by atoms with van der Waals surface area (Å²) in [5.74, 6) is -0.00747. The second-order valence-electron chi connectivity index (χ2n) is 7.26. The number of alkyl halides is 3. The molecule has 170 valence electrons. The van der Waals surface area contributed by atoms with Gasteiger partial charge in [0.25, 0.3) is 0 Å². The van der Waals surface area contributed by atoms with Crippen LogP contribution in [0.15, 0.2) is 47.5 Å². The third kappa shape index (κ3) is 5.16. The summed E-state index contributed by atoms with van der Waals surface area (Å²) in [6.45, 7) is 0.888. The number of nitrogens with zero attached hydrogens (tertiary/aromatic N) is 3. The topological polar surface area (TPSA) is 72.0 Å². The minimum absolute atomic E-state index is 0.0320. The average molecular weight is 467 g/mol. The van der Waals surface area contributed by atoms with Crippen LogP contribution < -0.4 is 9.64 Å². The van der Waals surface area contributed by atoms with E-state index < -0.39 is 17.8 Å². The van der Waals surface area contributed by atoms with Crippen LogP contribution in [0.2, 0.25) is 0 Å². The average Bonchev–Trinajstić information content (AvgIpc) is 2.79. The monoisotopic (exact) mass is 467 g/mol. The number of thioether (sulfide) groups is 1. The summed E-state index contributed by atoms with van der Waals surface area (Å²) < 4.78 is 48.9. The summed E-state index contributed by atoms with van der Waals surface area (Å²) in [4.78, 5) is 33.0. The summed E-state index contributed by atoms with van der Waals surface area (Å²) in [6, 6.07) is 9.49. The maximum Gasteiger partial charge on any atom is 0.417 e. The van der Waals surface area contributed by atoms with Crippen LogP contribution in [0, 0.1) is 0 Å². The maximum atomic E-state index is 12.9. The van der Waals surface area contributed by atoms with Gasteiger partial charge < -0.3 is 19.3 Å². The summed E-state index contributed by atoms with van der Waals surface area (Å²) >= 11 is 1.45. The Morgan fingerprint density at radius 3 is 2.81 bits per heavy atom. The van der Waals surface area contributed by atoms with Crippen LogP contribution in [0.3, 0.4) is 0 Å². The second-order valence-corrected chi connectivity index (χ2v) is 8.28. The number of carbonyl (C=O) groups excluding carboxylic acids is 2. The highest BCUT2D eigenvalue weighted by Gasteiger charge is 2.32.